The minimum Gasteiger partial charge on any atom is -1.00 e. The fourth-order valence-electron chi connectivity index (χ4n) is 3.45. The second-order valence-electron chi connectivity index (χ2n) is 7.18. The number of benzene rings is 4. The van der Waals surface area contributed by atoms with Gasteiger partial charge in [0, 0.05) is 0 Å². The molecule has 0 heterocycles. The molecule has 0 aromatic heterocycles. The normalized spacial score (nSPS) is 10.6. The van der Waals surface area contributed by atoms with E-state index in [1.165, 1.54) is 31.9 Å². The molecule has 5 aromatic rings. The Morgan fingerprint density at radius 3 is 1.41 bits per heavy atom. The first kappa shape index (κ1) is 29.2. The van der Waals surface area contributed by atoms with Crippen LogP contribution in [0.1, 0.15) is 6.42 Å². The number of allylic oxidation sites excluding steroid dienone is 4. The summed E-state index contributed by atoms with van der Waals surface area (Å²) < 4.78 is 0. The van der Waals surface area contributed by atoms with Crippen LogP contribution >= 0.6 is 0 Å². The van der Waals surface area contributed by atoms with Gasteiger partial charge in [0.2, 0.25) is 0 Å². The van der Waals surface area contributed by atoms with Crippen LogP contribution < -0.4 is 19.8 Å². The van der Waals surface area contributed by atoms with Crippen LogP contribution in [-0.4, -0.2) is 9.52 Å². The first-order valence-electron chi connectivity index (χ1n) is 10.5. The summed E-state index contributed by atoms with van der Waals surface area (Å²) in [5.41, 5.74) is 0. The zero-order valence-corrected chi connectivity index (χ0v) is 22.1. The minimum atomic E-state index is 0. The van der Waals surface area contributed by atoms with Crippen LogP contribution in [0, 0.1) is 6.08 Å². The van der Waals surface area contributed by atoms with Gasteiger partial charge in [-0.3, -0.25) is 6.08 Å². The molecular weight excluding hydrogens is 518 g/mol. The summed E-state index contributed by atoms with van der Waals surface area (Å²) in [6, 6.07) is 40.4. The summed E-state index contributed by atoms with van der Waals surface area (Å²) in [6.07, 6.45) is 10.0. The Labute approximate surface area is 222 Å². The van der Waals surface area contributed by atoms with Gasteiger partial charge < -0.3 is 9.41 Å². The molecule has 0 amide bonds. The Morgan fingerprint density at radius 1 is 0.588 bits per heavy atom. The van der Waals surface area contributed by atoms with Gasteiger partial charge in [0.1, 0.15) is 9.52 Å². The molecule has 0 atom stereocenters. The molecule has 0 spiro atoms. The zero-order valence-electron chi connectivity index (χ0n) is 18.7. The molecule has 0 unspecified atom stereocenters. The maximum absolute atomic E-state index is 2.99. The first-order valence-corrected chi connectivity index (χ1v) is 11.5. The molecule has 0 saturated heterocycles. The largest absolute Gasteiger partial charge is 4.00 e. The monoisotopic (exact) mass is 540 g/mol. The van der Waals surface area contributed by atoms with E-state index in [-0.39, 0.29) is 35.6 Å². The summed E-state index contributed by atoms with van der Waals surface area (Å²) in [5.74, 6) is 0. The van der Waals surface area contributed by atoms with Crippen molar-refractivity contribution >= 4 is 41.4 Å². The number of hydrogen-bond donors (Lipinski definition) is 0. The van der Waals surface area contributed by atoms with Crippen LogP contribution in [0.15, 0.2) is 133 Å². The van der Waals surface area contributed by atoms with Gasteiger partial charge in [-0.15, -0.1) is 46.2 Å². The van der Waals surface area contributed by atoms with Gasteiger partial charge in [0.15, 0.2) is 0 Å². The molecule has 1 aliphatic rings. The third-order valence-electron chi connectivity index (χ3n) is 4.94. The Kier molecular flexibility index (Phi) is 13.7. The van der Waals surface area contributed by atoms with Gasteiger partial charge >= 0.3 is 26.2 Å². The Balaban J connectivity index is 0.000000264. The molecule has 0 bridgehead atoms. The van der Waals surface area contributed by atoms with Crippen molar-refractivity contribution in [2.75, 3.05) is 0 Å². The molecular formula is C30H24F2SiZr. The molecule has 1 aliphatic carbocycles. The SMILES string of the molecule is [C-]1=CC=CC1.[F-].[F-].[Zr+4].c1ccc([Si]c2ccccc2)cc1.c1ccc2c(c1)[cH-]c1ccccc12. The number of halogens is 2. The average molecular weight is 542 g/mol. The molecule has 5 aromatic carbocycles. The summed E-state index contributed by atoms with van der Waals surface area (Å²) in [5, 5.41) is 8.19. The van der Waals surface area contributed by atoms with Gasteiger partial charge in [-0.25, -0.2) is 12.2 Å². The molecule has 0 N–H and O–H groups in total. The Morgan fingerprint density at radius 2 is 1.03 bits per heavy atom. The standard InChI is InChI=1S/C13H9.C12H10Si.C5H5.2FH.Zr/c1-3-7-12-10(5-1)9-11-6-2-4-8-13(11)12;1-3-7-11(8-4-1)13-12-9-5-2-6-10-12;1-2-4-5-3-1;;;/h1-9H;1-10H;1-3H,4H2;2*1H;/q-1;;-1;;;+4/p-2. The van der Waals surface area contributed by atoms with Crippen LogP contribution in [0.3, 0.4) is 0 Å². The van der Waals surface area contributed by atoms with Crippen molar-refractivity contribution in [1.29, 1.82) is 0 Å². The van der Waals surface area contributed by atoms with Crippen molar-refractivity contribution in [3.8, 4) is 0 Å². The van der Waals surface area contributed by atoms with Crippen molar-refractivity contribution < 1.29 is 35.6 Å². The maximum Gasteiger partial charge on any atom is 4.00 e. The maximum atomic E-state index is 2.99. The number of fused-ring (bicyclic) bond motifs is 3. The van der Waals surface area contributed by atoms with Crippen molar-refractivity contribution in [3.63, 3.8) is 0 Å². The predicted octanol–water partition coefficient (Wildman–Crippen LogP) is 0.365. The van der Waals surface area contributed by atoms with Crippen molar-refractivity contribution in [3.05, 3.63) is 140 Å². The van der Waals surface area contributed by atoms with Gasteiger partial charge in [0.25, 0.3) is 0 Å². The minimum absolute atomic E-state index is 0. The van der Waals surface area contributed by atoms with E-state index in [9.17, 15) is 0 Å². The molecule has 4 heteroatoms. The third kappa shape index (κ3) is 8.52. The molecule has 0 aliphatic heterocycles. The van der Waals surface area contributed by atoms with Crippen LogP contribution in [-0.2, 0) is 26.2 Å². The van der Waals surface area contributed by atoms with E-state index in [1.54, 1.807) is 0 Å². The summed E-state index contributed by atoms with van der Waals surface area (Å²) in [6.45, 7) is 0. The zero-order chi connectivity index (χ0) is 21.1. The van der Waals surface area contributed by atoms with Crippen LogP contribution in [0.2, 0.25) is 0 Å². The fourth-order valence-corrected chi connectivity index (χ4v) is 4.51. The Bertz CT molecular complexity index is 1180. The van der Waals surface area contributed by atoms with Crippen molar-refractivity contribution in [2.24, 2.45) is 0 Å². The molecule has 6 rings (SSSR count). The summed E-state index contributed by atoms with van der Waals surface area (Å²) in [4.78, 5) is 0. The van der Waals surface area contributed by atoms with E-state index < -0.39 is 0 Å². The number of rotatable bonds is 2. The van der Waals surface area contributed by atoms with Gasteiger partial charge in [-0.1, -0.05) is 107 Å². The second kappa shape index (κ2) is 15.9. The van der Waals surface area contributed by atoms with Crippen LogP contribution in [0.5, 0.6) is 0 Å². The number of hydrogen-bond acceptors (Lipinski definition) is 0. The smallest absolute Gasteiger partial charge is 1.00 e. The van der Waals surface area contributed by atoms with E-state index in [0.717, 1.165) is 15.9 Å². The summed E-state index contributed by atoms with van der Waals surface area (Å²) >= 11 is 0. The summed E-state index contributed by atoms with van der Waals surface area (Å²) in [7, 11) is 0.777. The van der Waals surface area contributed by atoms with E-state index in [2.05, 4.69) is 127 Å². The molecule has 2 radical (unpaired) electrons. The first-order chi connectivity index (χ1) is 15.4. The quantitative estimate of drug-likeness (QED) is 0.224. The van der Waals surface area contributed by atoms with Gasteiger partial charge in [-0.05, 0) is 0 Å². The molecule has 0 fully saturated rings. The Hall–Kier alpha value is -2.81. The van der Waals surface area contributed by atoms with Crippen LogP contribution in [0.4, 0.5) is 0 Å². The van der Waals surface area contributed by atoms with Crippen molar-refractivity contribution in [1.82, 2.24) is 0 Å². The van der Waals surface area contributed by atoms with E-state index in [4.69, 9.17) is 0 Å². The molecule has 0 nitrogen and oxygen atoms in total. The van der Waals surface area contributed by atoms with Gasteiger partial charge in [-0.2, -0.15) is 6.08 Å². The fraction of sp³-hybridized carbons (Fsp3) is 0.0333. The van der Waals surface area contributed by atoms with Gasteiger partial charge in [0.05, 0.1) is 0 Å². The molecule has 34 heavy (non-hydrogen) atoms. The average Bonchev–Trinajstić information content (AvgIpc) is 3.53. The van der Waals surface area contributed by atoms with Crippen molar-refractivity contribution in [2.45, 2.75) is 6.42 Å². The second-order valence-corrected chi connectivity index (χ2v) is 8.58. The van der Waals surface area contributed by atoms with Crippen LogP contribution in [0.25, 0.3) is 21.5 Å². The molecule has 0 saturated carbocycles. The molecule has 166 valence electrons. The third-order valence-corrected chi connectivity index (χ3v) is 6.19. The van der Waals surface area contributed by atoms with E-state index in [0.29, 0.717) is 0 Å². The van der Waals surface area contributed by atoms with E-state index >= 15 is 0 Å². The predicted molar refractivity (Wildman–Crippen MR) is 137 cm³/mol. The van der Waals surface area contributed by atoms with E-state index in [1.807, 2.05) is 12.2 Å². The topological polar surface area (TPSA) is 0 Å².